The van der Waals surface area contributed by atoms with Crippen molar-refractivity contribution >= 4 is 17.0 Å². The SMILES string of the molecule is Cc1noc(C)c1-c1ccc2nc(N)nc(-c3ccccc3)c2n1. The van der Waals surface area contributed by atoms with E-state index in [9.17, 15) is 0 Å². The molecule has 3 heterocycles. The zero-order valence-corrected chi connectivity index (χ0v) is 13.3. The molecular formula is C18H15N5O. The summed E-state index contributed by atoms with van der Waals surface area (Å²) < 4.78 is 5.25. The van der Waals surface area contributed by atoms with Crippen LogP contribution >= 0.6 is 0 Å². The van der Waals surface area contributed by atoms with Crippen LogP contribution in [0.25, 0.3) is 33.5 Å². The lowest BCUT2D eigenvalue weighted by molar-refractivity contribution is 0.393. The van der Waals surface area contributed by atoms with Gasteiger partial charge in [0.25, 0.3) is 0 Å². The number of hydrogen-bond donors (Lipinski definition) is 1. The second-order valence-electron chi connectivity index (χ2n) is 5.56. The summed E-state index contributed by atoms with van der Waals surface area (Å²) in [4.78, 5) is 13.5. The van der Waals surface area contributed by atoms with E-state index in [4.69, 9.17) is 15.2 Å². The fourth-order valence-electron chi connectivity index (χ4n) is 2.82. The van der Waals surface area contributed by atoms with E-state index in [1.807, 2.05) is 56.3 Å². The molecule has 118 valence electrons. The first kappa shape index (κ1) is 14.3. The van der Waals surface area contributed by atoms with Crippen molar-refractivity contribution in [2.45, 2.75) is 13.8 Å². The lowest BCUT2D eigenvalue weighted by atomic mass is 10.1. The van der Waals surface area contributed by atoms with Crippen molar-refractivity contribution in [2.24, 2.45) is 0 Å². The van der Waals surface area contributed by atoms with E-state index in [0.29, 0.717) is 16.7 Å². The van der Waals surface area contributed by atoms with E-state index < -0.39 is 0 Å². The molecule has 4 aromatic rings. The van der Waals surface area contributed by atoms with Gasteiger partial charge in [-0.3, -0.25) is 0 Å². The summed E-state index contributed by atoms with van der Waals surface area (Å²) in [5.41, 5.74) is 11.4. The Hall–Kier alpha value is -3.28. The van der Waals surface area contributed by atoms with Gasteiger partial charge in [-0.15, -0.1) is 0 Å². The molecule has 0 aliphatic carbocycles. The van der Waals surface area contributed by atoms with Crippen LogP contribution in [0.2, 0.25) is 0 Å². The summed E-state index contributed by atoms with van der Waals surface area (Å²) in [5, 5.41) is 4.00. The van der Waals surface area contributed by atoms with Gasteiger partial charge in [-0.1, -0.05) is 35.5 Å². The average Bonchev–Trinajstić information content (AvgIpc) is 2.93. The summed E-state index contributed by atoms with van der Waals surface area (Å²) in [6.07, 6.45) is 0. The van der Waals surface area contributed by atoms with Crippen molar-refractivity contribution in [1.82, 2.24) is 20.1 Å². The zero-order chi connectivity index (χ0) is 16.7. The van der Waals surface area contributed by atoms with Gasteiger partial charge >= 0.3 is 0 Å². The first-order chi connectivity index (χ1) is 11.6. The number of hydrogen-bond acceptors (Lipinski definition) is 6. The first-order valence-corrected chi connectivity index (χ1v) is 7.56. The maximum atomic E-state index is 5.87. The van der Waals surface area contributed by atoms with Crippen LogP contribution in [0.4, 0.5) is 5.95 Å². The Morgan fingerprint density at radius 2 is 1.71 bits per heavy atom. The van der Waals surface area contributed by atoms with Crippen LogP contribution in [-0.2, 0) is 0 Å². The van der Waals surface area contributed by atoms with Gasteiger partial charge in [-0.2, -0.15) is 0 Å². The molecule has 0 saturated heterocycles. The third kappa shape index (κ3) is 2.28. The lowest BCUT2D eigenvalue weighted by Gasteiger charge is -2.08. The highest BCUT2D eigenvalue weighted by molar-refractivity contribution is 5.91. The normalized spacial score (nSPS) is 11.1. The zero-order valence-electron chi connectivity index (χ0n) is 13.3. The van der Waals surface area contributed by atoms with Gasteiger partial charge in [-0.05, 0) is 26.0 Å². The van der Waals surface area contributed by atoms with Crippen molar-refractivity contribution in [2.75, 3.05) is 5.73 Å². The number of anilines is 1. The van der Waals surface area contributed by atoms with Gasteiger partial charge in [0.05, 0.1) is 22.5 Å². The van der Waals surface area contributed by atoms with Gasteiger partial charge < -0.3 is 10.3 Å². The van der Waals surface area contributed by atoms with E-state index in [1.165, 1.54) is 0 Å². The fourth-order valence-corrected chi connectivity index (χ4v) is 2.82. The van der Waals surface area contributed by atoms with Gasteiger partial charge in [-0.25, -0.2) is 15.0 Å². The van der Waals surface area contributed by atoms with Crippen LogP contribution in [0.1, 0.15) is 11.5 Å². The van der Waals surface area contributed by atoms with Crippen LogP contribution in [0.15, 0.2) is 47.0 Å². The smallest absolute Gasteiger partial charge is 0.221 e. The third-order valence-corrected chi connectivity index (χ3v) is 3.90. The molecule has 0 saturated carbocycles. The van der Waals surface area contributed by atoms with Gasteiger partial charge in [0.15, 0.2) is 0 Å². The molecule has 0 radical (unpaired) electrons. The molecular weight excluding hydrogens is 302 g/mol. The summed E-state index contributed by atoms with van der Waals surface area (Å²) in [6.45, 7) is 3.77. The molecule has 0 spiro atoms. The number of rotatable bonds is 2. The molecule has 2 N–H and O–H groups in total. The predicted molar refractivity (Wildman–Crippen MR) is 92.2 cm³/mol. The highest BCUT2D eigenvalue weighted by atomic mass is 16.5. The topological polar surface area (TPSA) is 90.7 Å². The van der Waals surface area contributed by atoms with Crippen LogP contribution in [0.3, 0.4) is 0 Å². The minimum absolute atomic E-state index is 0.230. The highest BCUT2D eigenvalue weighted by Crippen LogP contribution is 2.30. The Kier molecular flexibility index (Phi) is 3.23. The largest absolute Gasteiger partial charge is 0.368 e. The van der Waals surface area contributed by atoms with Crippen molar-refractivity contribution in [3.63, 3.8) is 0 Å². The van der Waals surface area contributed by atoms with E-state index in [-0.39, 0.29) is 5.95 Å². The minimum Gasteiger partial charge on any atom is -0.368 e. The number of nitrogens with zero attached hydrogens (tertiary/aromatic N) is 4. The molecule has 0 atom stereocenters. The second kappa shape index (κ2) is 5.42. The van der Waals surface area contributed by atoms with Gasteiger partial charge in [0.2, 0.25) is 5.95 Å². The molecule has 0 fully saturated rings. The number of pyridine rings is 1. The summed E-state index contributed by atoms with van der Waals surface area (Å²) >= 11 is 0. The molecule has 3 aromatic heterocycles. The number of aryl methyl sites for hydroxylation is 2. The Morgan fingerprint density at radius 1 is 0.917 bits per heavy atom. The molecule has 6 heteroatoms. The Bertz CT molecular complexity index is 1020. The fraction of sp³-hybridized carbons (Fsp3) is 0.111. The third-order valence-electron chi connectivity index (χ3n) is 3.90. The van der Waals surface area contributed by atoms with E-state index in [1.54, 1.807) is 0 Å². The number of fused-ring (bicyclic) bond motifs is 1. The summed E-state index contributed by atoms with van der Waals surface area (Å²) in [5.74, 6) is 0.963. The standard InChI is InChI=1S/C18H15N5O/c1-10-15(11(2)24-23-10)13-8-9-14-17(20-13)16(22-18(19)21-14)12-6-4-3-5-7-12/h3-9H,1-2H3,(H2,19,21,22). The van der Waals surface area contributed by atoms with E-state index >= 15 is 0 Å². The molecule has 0 aliphatic rings. The number of nitrogen functional groups attached to an aromatic ring is 1. The monoisotopic (exact) mass is 317 g/mol. The summed E-state index contributed by atoms with van der Waals surface area (Å²) in [6, 6.07) is 13.6. The van der Waals surface area contributed by atoms with Gasteiger partial charge in [0.1, 0.15) is 17.0 Å². The van der Waals surface area contributed by atoms with Crippen LogP contribution in [-0.4, -0.2) is 20.1 Å². The van der Waals surface area contributed by atoms with Crippen LogP contribution in [0, 0.1) is 13.8 Å². The highest BCUT2D eigenvalue weighted by Gasteiger charge is 2.16. The Balaban J connectivity index is 2.01. The van der Waals surface area contributed by atoms with Crippen molar-refractivity contribution < 1.29 is 4.52 Å². The summed E-state index contributed by atoms with van der Waals surface area (Å²) in [7, 11) is 0. The Labute approximate surface area is 138 Å². The minimum atomic E-state index is 0.230. The van der Waals surface area contributed by atoms with Crippen LogP contribution in [0.5, 0.6) is 0 Å². The number of nitrogens with two attached hydrogens (primary N) is 1. The molecule has 1 aromatic carbocycles. The second-order valence-corrected chi connectivity index (χ2v) is 5.56. The first-order valence-electron chi connectivity index (χ1n) is 7.56. The number of benzene rings is 1. The van der Waals surface area contributed by atoms with E-state index in [0.717, 1.165) is 28.3 Å². The maximum absolute atomic E-state index is 5.87. The molecule has 0 aliphatic heterocycles. The van der Waals surface area contributed by atoms with Crippen LogP contribution < -0.4 is 5.73 Å². The molecule has 6 nitrogen and oxygen atoms in total. The van der Waals surface area contributed by atoms with E-state index in [2.05, 4.69) is 15.1 Å². The van der Waals surface area contributed by atoms with Crippen molar-refractivity contribution in [1.29, 1.82) is 0 Å². The molecule has 4 rings (SSSR count). The van der Waals surface area contributed by atoms with Crippen molar-refractivity contribution in [3.8, 4) is 22.5 Å². The lowest BCUT2D eigenvalue weighted by Crippen LogP contribution is -2.00. The number of aromatic nitrogens is 4. The molecule has 24 heavy (non-hydrogen) atoms. The molecule has 0 amide bonds. The molecule has 0 unspecified atom stereocenters. The Morgan fingerprint density at radius 3 is 2.42 bits per heavy atom. The molecule has 0 bridgehead atoms. The predicted octanol–water partition coefficient (Wildman–Crippen LogP) is 3.55. The van der Waals surface area contributed by atoms with Crippen molar-refractivity contribution in [3.05, 3.63) is 53.9 Å². The average molecular weight is 317 g/mol. The van der Waals surface area contributed by atoms with Gasteiger partial charge in [0, 0.05) is 5.56 Å². The quantitative estimate of drug-likeness (QED) is 0.608. The maximum Gasteiger partial charge on any atom is 0.221 e.